The van der Waals surface area contributed by atoms with Gasteiger partial charge in [0.05, 0.1) is 26.5 Å². The van der Waals surface area contributed by atoms with Crippen LogP contribution in [-0.4, -0.2) is 42.5 Å². The lowest BCUT2D eigenvalue weighted by molar-refractivity contribution is -0.140. The van der Waals surface area contributed by atoms with Gasteiger partial charge in [-0.25, -0.2) is 14.8 Å². The van der Waals surface area contributed by atoms with Gasteiger partial charge in [0.2, 0.25) is 11.8 Å². The number of hydrogen-bond donors (Lipinski definition) is 2. The van der Waals surface area contributed by atoms with E-state index in [2.05, 4.69) is 15.3 Å². The summed E-state index contributed by atoms with van der Waals surface area (Å²) < 4.78 is 14.8. The van der Waals surface area contributed by atoms with Crippen molar-refractivity contribution in [3.63, 3.8) is 0 Å². The van der Waals surface area contributed by atoms with Crippen LogP contribution >= 0.6 is 0 Å². The fourth-order valence-corrected chi connectivity index (χ4v) is 2.21. The highest BCUT2D eigenvalue weighted by Crippen LogP contribution is 2.20. The van der Waals surface area contributed by atoms with Gasteiger partial charge in [-0.05, 0) is 37.6 Å². The second-order valence-electron chi connectivity index (χ2n) is 5.76. The summed E-state index contributed by atoms with van der Waals surface area (Å²) in [6.45, 7) is 3.78. The number of anilines is 2. The third-order valence-corrected chi connectivity index (χ3v) is 3.60. The zero-order chi connectivity index (χ0) is 22.4. The molecule has 0 saturated carbocycles. The summed E-state index contributed by atoms with van der Waals surface area (Å²) in [4.78, 5) is 31.7. The Kier molecular flexibility index (Phi) is 11.0. The molecule has 0 bridgehead atoms. The number of ketones is 1. The maximum atomic E-state index is 12.0. The molecule has 0 aromatic carbocycles. The third-order valence-electron chi connectivity index (χ3n) is 3.60. The Labute approximate surface area is 176 Å². The summed E-state index contributed by atoms with van der Waals surface area (Å²) in [5.74, 6) is -0.0324. The number of nitrogens with two attached hydrogens (primary N) is 1. The number of Topliss-reactive ketones (excluding diaryl/α,β-unsaturated/α-hetero) is 1. The lowest BCUT2D eigenvalue weighted by Gasteiger charge is -2.09. The number of hydrogen-bond acceptors (Lipinski definition) is 9. The van der Waals surface area contributed by atoms with Gasteiger partial charge in [-0.1, -0.05) is 6.92 Å². The molecule has 9 heteroatoms. The first-order chi connectivity index (χ1) is 14.5. The van der Waals surface area contributed by atoms with Crippen LogP contribution in [0.4, 0.5) is 11.4 Å². The molecule has 0 atom stereocenters. The molecule has 0 fully saturated rings. The predicted molar refractivity (Wildman–Crippen MR) is 114 cm³/mol. The zero-order valence-electron chi connectivity index (χ0n) is 17.7. The predicted octanol–water partition coefficient (Wildman–Crippen LogP) is 2.99. The van der Waals surface area contributed by atoms with Gasteiger partial charge in [0.15, 0.2) is 5.78 Å². The zero-order valence-corrected chi connectivity index (χ0v) is 17.7. The molecule has 2 aromatic rings. The number of methoxy groups -OCH3 is 2. The van der Waals surface area contributed by atoms with Crippen LogP contribution in [0.5, 0.6) is 11.8 Å². The molecular formula is C21H28N4O5. The molecule has 0 radical (unpaired) electrons. The van der Waals surface area contributed by atoms with Crippen molar-refractivity contribution in [2.45, 2.75) is 26.7 Å². The molecule has 2 heterocycles. The van der Waals surface area contributed by atoms with Crippen molar-refractivity contribution in [3.8, 4) is 11.8 Å². The van der Waals surface area contributed by atoms with Crippen molar-refractivity contribution in [2.75, 3.05) is 31.9 Å². The van der Waals surface area contributed by atoms with E-state index < -0.39 is 5.97 Å². The molecule has 0 aliphatic heterocycles. The summed E-state index contributed by atoms with van der Waals surface area (Å²) in [6.07, 6.45) is 5.51. The van der Waals surface area contributed by atoms with Gasteiger partial charge in [0.25, 0.3) is 0 Å². The molecule has 162 valence electrons. The molecule has 0 aliphatic rings. The van der Waals surface area contributed by atoms with E-state index in [0.717, 1.165) is 0 Å². The first-order valence-corrected chi connectivity index (χ1v) is 9.38. The smallest absolute Gasteiger partial charge is 0.343 e. The first-order valence-electron chi connectivity index (χ1n) is 9.38. The van der Waals surface area contributed by atoms with E-state index in [0.29, 0.717) is 29.6 Å². The Morgan fingerprint density at radius 2 is 1.70 bits per heavy atom. The number of ether oxygens (including phenoxy) is 3. The normalized spacial score (nSPS) is 10.3. The van der Waals surface area contributed by atoms with Crippen LogP contribution in [0, 0.1) is 0 Å². The van der Waals surface area contributed by atoms with Crippen molar-refractivity contribution >= 4 is 23.1 Å². The summed E-state index contributed by atoms with van der Waals surface area (Å²) >= 11 is 0. The molecule has 9 nitrogen and oxygen atoms in total. The molecule has 2 rings (SSSR count). The van der Waals surface area contributed by atoms with Crippen molar-refractivity contribution in [1.29, 1.82) is 0 Å². The molecule has 0 saturated heterocycles. The molecule has 3 N–H and O–H groups in total. The Morgan fingerprint density at radius 3 is 2.23 bits per heavy atom. The first kappa shape index (κ1) is 24.4. The number of nitrogen functional groups attached to an aromatic ring is 1. The Morgan fingerprint density at radius 1 is 1.07 bits per heavy atom. The fourth-order valence-electron chi connectivity index (χ4n) is 2.21. The maximum Gasteiger partial charge on any atom is 0.343 e. The van der Waals surface area contributed by atoms with Crippen LogP contribution in [-0.2, 0) is 14.3 Å². The van der Waals surface area contributed by atoms with E-state index in [-0.39, 0.29) is 24.4 Å². The molecular weight excluding hydrogens is 388 g/mol. The number of nitrogens with one attached hydrogen (secondary N) is 1. The summed E-state index contributed by atoms with van der Waals surface area (Å²) in [5.41, 5.74) is 6.56. The third kappa shape index (κ3) is 7.78. The second kappa shape index (κ2) is 13.5. The molecule has 30 heavy (non-hydrogen) atoms. The largest absolute Gasteiger partial charge is 0.480 e. The van der Waals surface area contributed by atoms with Crippen LogP contribution < -0.4 is 20.5 Å². The number of aromatic nitrogens is 2. The minimum absolute atomic E-state index is 0.00962. The highest BCUT2D eigenvalue weighted by atomic mass is 16.5. The number of carbonyl (C=O) groups is 2. The topological polar surface area (TPSA) is 126 Å². The lowest BCUT2D eigenvalue weighted by atomic mass is 10.1. The highest BCUT2D eigenvalue weighted by Gasteiger charge is 2.18. The van der Waals surface area contributed by atoms with E-state index >= 15 is 0 Å². The Hall–Kier alpha value is -3.62. The van der Waals surface area contributed by atoms with Gasteiger partial charge in [0.1, 0.15) is 11.3 Å². The molecule has 0 spiro atoms. The molecule has 0 amide bonds. The van der Waals surface area contributed by atoms with Crippen LogP contribution in [0.25, 0.3) is 0 Å². The van der Waals surface area contributed by atoms with Gasteiger partial charge in [-0.15, -0.1) is 0 Å². The van der Waals surface area contributed by atoms with E-state index in [1.165, 1.54) is 13.3 Å². The van der Waals surface area contributed by atoms with Crippen molar-refractivity contribution in [1.82, 2.24) is 9.97 Å². The second-order valence-corrected chi connectivity index (χ2v) is 5.76. The van der Waals surface area contributed by atoms with Gasteiger partial charge in [-0.3, -0.25) is 4.79 Å². The van der Waals surface area contributed by atoms with E-state index in [1.807, 2.05) is 6.92 Å². The van der Waals surface area contributed by atoms with Crippen LogP contribution in [0.15, 0.2) is 48.4 Å². The monoisotopic (exact) mass is 416 g/mol. The van der Waals surface area contributed by atoms with Gasteiger partial charge in [-0.2, -0.15) is 0 Å². The fraction of sp³-hybridized carbons (Fsp3) is 0.333. The van der Waals surface area contributed by atoms with Crippen molar-refractivity contribution < 1.29 is 23.8 Å². The van der Waals surface area contributed by atoms with E-state index in [1.54, 1.807) is 50.7 Å². The Balaban J connectivity index is 0.000000414. The molecule has 0 unspecified atom stereocenters. The molecule has 0 aliphatic carbocycles. The Bertz CT molecular complexity index is 835. The SMILES string of the molecule is CCCC(=O)C(=CNc1cccnc1OC)C(=O)OCC.COc1ncccc1N. The van der Waals surface area contributed by atoms with E-state index in [4.69, 9.17) is 19.9 Å². The minimum atomic E-state index is -0.633. The number of rotatable bonds is 9. The summed E-state index contributed by atoms with van der Waals surface area (Å²) in [5, 5.41) is 2.87. The number of pyridine rings is 2. The highest BCUT2D eigenvalue weighted by molar-refractivity contribution is 6.17. The number of carbonyl (C=O) groups excluding carboxylic acids is 2. The summed E-state index contributed by atoms with van der Waals surface area (Å²) in [6, 6.07) is 6.95. The van der Waals surface area contributed by atoms with Crippen molar-refractivity contribution in [3.05, 3.63) is 48.4 Å². The standard InChI is InChI=1S/C15H20N2O4.C6H8N2O/c1-4-7-13(18)11(15(19)21-5-2)10-17-12-8-6-9-16-14(12)20-3;1-9-6-5(7)3-2-4-8-6/h6,8-10,17H,4-5,7H2,1-3H3;2-4H,7H2,1H3. The average molecular weight is 416 g/mol. The average Bonchev–Trinajstić information content (AvgIpc) is 2.75. The van der Waals surface area contributed by atoms with Gasteiger partial charge >= 0.3 is 5.97 Å². The lowest BCUT2D eigenvalue weighted by Crippen LogP contribution is -2.17. The van der Waals surface area contributed by atoms with Crippen LogP contribution in [0.3, 0.4) is 0 Å². The molecule has 2 aromatic heterocycles. The maximum absolute atomic E-state index is 12.0. The summed E-state index contributed by atoms with van der Waals surface area (Å²) in [7, 11) is 3.03. The van der Waals surface area contributed by atoms with E-state index in [9.17, 15) is 9.59 Å². The van der Waals surface area contributed by atoms with Crippen LogP contribution in [0.1, 0.15) is 26.7 Å². The van der Waals surface area contributed by atoms with Gasteiger partial charge in [0, 0.05) is 25.0 Å². The number of esters is 1. The van der Waals surface area contributed by atoms with Crippen molar-refractivity contribution in [2.24, 2.45) is 0 Å². The van der Waals surface area contributed by atoms with Crippen LogP contribution in [0.2, 0.25) is 0 Å². The van der Waals surface area contributed by atoms with Gasteiger partial charge < -0.3 is 25.3 Å². The minimum Gasteiger partial charge on any atom is -0.480 e. The quantitative estimate of drug-likeness (QED) is 0.274. The number of nitrogens with zero attached hydrogens (tertiary/aromatic N) is 2.